The van der Waals surface area contributed by atoms with Crippen molar-refractivity contribution in [3.05, 3.63) is 41.5 Å². The van der Waals surface area contributed by atoms with Crippen molar-refractivity contribution >= 4 is 34.2 Å². The van der Waals surface area contributed by atoms with Crippen LogP contribution in [-0.2, 0) is 16.1 Å². The summed E-state index contributed by atoms with van der Waals surface area (Å²) in [7, 11) is 2.17. The summed E-state index contributed by atoms with van der Waals surface area (Å²) < 4.78 is 0. The first-order chi connectivity index (χ1) is 19.6. The molecule has 2 aliphatic carbocycles. The monoisotopic (exact) mass is 558 g/mol. The van der Waals surface area contributed by atoms with Crippen molar-refractivity contribution < 1.29 is 14.4 Å². The third-order valence-corrected chi connectivity index (χ3v) is 11.4. The Morgan fingerprint density at radius 1 is 1.02 bits per heavy atom. The van der Waals surface area contributed by atoms with Crippen molar-refractivity contribution in [1.29, 1.82) is 0 Å². The van der Waals surface area contributed by atoms with E-state index in [1.807, 2.05) is 18.2 Å². The third kappa shape index (κ3) is 4.79. The second kappa shape index (κ2) is 10.8. The number of unbranched alkanes of at least 4 members (excludes halogenated alkanes) is 3. The van der Waals surface area contributed by atoms with Crippen molar-refractivity contribution in [2.24, 2.45) is 16.7 Å². The largest absolute Gasteiger partial charge is 0.313 e. The minimum atomic E-state index is -0.650. The van der Waals surface area contributed by atoms with Crippen LogP contribution >= 0.6 is 0 Å². The fourth-order valence-electron chi connectivity index (χ4n) is 8.46. The minimum Gasteiger partial charge on any atom is -0.313 e. The number of imide groups is 1. The van der Waals surface area contributed by atoms with Crippen LogP contribution in [0.4, 0.5) is 5.69 Å². The Morgan fingerprint density at radius 3 is 2.56 bits per heavy atom. The lowest BCUT2D eigenvalue weighted by molar-refractivity contribution is -0.134. The van der Waals surface area contributed by atoms with Crippen LogP contribution < -0.4 is 15.5 Å². The fourth-order valence-corrected chi connectivity index (χ4v) is 8.46. The zero-order valence-electron chi connectivity index (χ0n) is 25.2. The van der Waals surface area contributed by atoms with Crippen LogP contribution in [0.5, 0.6) is 0 Å². The number of hydrogen-bond donors (Lipinski definition) is 2. The van der Waals surface area contributed by atoms with Crippen molar-refractivity contribution in [3.8, 4) is 0 Å². The second-order valence-electron chi connectivity index (χ2n) is 13.9. The van der Waals surface area contributed by atoms with Crippen LogP contribution in [0.1, 0.15) is 94.5 Å². The lowest BCUT2D eigenvalue weighted by Gasteiger charge is -2.39. The third-order valence-electron chi connectivity index (χ3n) is 11.4. The number of carbonyl (C=O) groups is 3. The van der Waals surface area contributed by atoms with Crippen LogP contribution in [0.25, 0.3) is 10.8 Å². The van der Waals surface area contributed by atoms with E-state index in [4.69, 9.17) is 0 Å². The summed E-state index contributed by atoms with van der Waals surface area (Å²) >= 11 is 0. The Labute approximate surface area is 244 Å². The maximum Gasteiger partial charge on any atom is 0.259 e. The van der Waals surface area contributed by atoms with Gasteiger partial charge in [-0.1, -0.05) is 51.8 Å². The number of rotatable bonds is 11. The quantitative estimate of drug-likeness (QED) is 0.285. The Kier molecular flexibility index (Phi) is 7.48. The normalized spacial score (nSPS) is 28.4. The predicted octanol–water partition coefficient (Wildman–Crippen LogP) is 5.40. The number of fused-ring (bicyclic) bond motifs is 2. The van der Waals surface area contributed by atoms with Gasteiger partial charge in [-0.15, -0.1) is 0 Å². The van der Waals surface area contributed by atoms with Gasteiger partial charge in [0.1, 0.15) is 6.04 Å². The Morgan fingerprint density at radius 2 is 1.83 bits per heavy atom. The molecule has 2 bridgehead atoms. The highest BCUT2D eigenvalue weighted by atomic mass is 16.2. The summed E-state index contributed by atoms with van der Waals surface area (Å²) in [6.45, 7) is 10.5. The molecule has 2 aromatic carbocycles. The van der Waals surface area contributed by atoms with Gasteiger partial charge < -0.3 is 10.2 Å². The van der Waals surface area contributed by atoms with Gasteiger partial charge >= 0.3 is 0 Å². The van der Waals surface area contributed by atoms with Crippen LogP contribution in [-0.4, -0.2) is 54.8 Å². The van der Waals surface area contributed by atoms with E-state index in [0.29, 0.717) is 28.9 Å². The average Bonchev–Trinajstić information content (AvgIpc) is 3.42. The Hall–Kier alpha value is -2.77. The molecule has 2 N–H and O–H groups in total. The summed E-state index contributed by atoms with van der Waals surface area (Å²) in [6.07, 6.45) is 9.66. The lowest BCUT2D eigenvalue weighted by Crippen LogP contribution is -2.53. The van der Waals surface area contributed by atoms with E-state index in [1.165, 1.54) is 50.5 Å². The molecule has 2 saturated carbocycles. The van der Waals surface area contributed by atoms with E-state index in [2.05, 4.69) is 55.5 Å². The highest BCUT2D eigenvalue weighted by Gasteiger charge is 2.60. The predicted molar refractivity (Wildman–Crippen MR) is 163 cm³/mol. The molecule has 2 heterocycles. The molecular formula is C34H46N4O3. The highest BCUT2D eigenvalue weighted by molar-refractivity contribution is 6.27. The summed E-state index contributed by atoms with van der Waals surface area (Å²) in [5.74, 6) is 0.0747. The van der Waals surface area contributed by atoms with Crippen LogP contribution in [0.2, 0.25) is 0 Å². The van der Waals surface area contributed by atoms with Gasteiger partial charge in [0.2, 0.25) is 11.8 Å². The van der Waals surface area contributed by atoms with E-state index in [1.54, 1.807) is 4.90 Å². The number of piperidine rings is 1. The zero-order valence-corrected chi connectivity index (χ0v) is 25.2. The van der Waals surface area contributed by atoms with Crippen LogP contribution in [0, 0.1) is 16.7 Å². The molecule has 4 atom stereocenters. The molecule has 3 amide bonds. The van der Waals surface area contributed by atoms with E-state index < -0.39 is 6.04 Å². The molecule has 0 radical (unpaired) electrons. The van der Waals surface area contributed by atoms with E-state index in [-0.39, 0.29) is 24.1 Å². The Bertz CT molecular complexity index is 1370. The average molecular weight is 559 g/mol. The molecule has 220 valence electrons. The smallest absolute Gasteiger partial charge is 0.259 e. The van der Waals surface area contributed by atoms with Gasteiger partial charge in [-0.2, -0.15) is 0 Å². The number of amides is 3. The zero-order chi connectivity index (χ0) is 28.9. The topological polar surface area (TPSA) is 81.8 Å². The molecule has 1 saturated heterocycles. The first-order valence-electron chi connectivity index (χ1n) is 15.8. The molecule has 6 rings (SSSR count). The van der Waals surface area contributed by atoms with E-state index in [9.17, 15) is 14.4 Å². The molecule has 7 nitrogen and oxygen atoms in total. The van der Waals surface area contributed by atoms with Crippen molar-refractivity contribution in [2.75, 3.05) is 25.0 Å². The molecule has 4 aliphatic rings. The summed E-state index contributed by atoms with van der Waals surface area (Å²) in [5.41, 5.74) is 3.54. The molecule has 0 aromatic heterocycles. The molecule has 2 aliphatic heterocycles. The molecule has 2 aromatic rings. The van der Waals surface area contributed by atoms with Crippen LogP contribution in [0.3, 0.4) is 0 Å². The van der Waals surface area contributed by atoms with Gasteiger partial charge in [0.05, 0.1) is 5.69 Å². The van der Waals surface area contributed by atoms with Gasteiger partial charge in [0.25, 0.3) is 5.91 Å². The molecule has 1 unspecified atom stereocenters. The summed E-state index contributed by atoms with van der Waals surface area (Å²) in [4.78, 5) is 41.6. The molecule has 41 heavy (non-hydrogen) atoms. The standard InChI is InChI=1S/C34H46N4O3/c1-33(2)23-16-17-34(33,3)28(20-23)35-18-7-5-6-8-19-37(4)21-22-12-13-26-30-24(22)10-9-11-25(30)32(41)38(26)27-14-15-29(39)36-31(27)40/h9-13,23,27-28,35H,5-8,14-21H2,1-4H3,(H,36,39,40)/t23-,27?,28+,34+/m1/s1. The number of benzene rings is 2. The van der Waals surface area contributed by atoms with Gasteiger partial charge in [0, 0.05) is 30.0 Å². The highest BCUT2D eigenvalue weighted by Crippen LogP contribution is 2.65. The Balaban J connectivity index is 0.997. The second-order valence-corrected chi connectivity index (χ2v) is 13.9. The number of hydrogen-bond acceptors (Lipinski definition) is 5. The number of nitrogens with one attached hydrogen (secondary N) is 2. The number of anilines is 1. The lowest BCUT2D eigenvalue weighted by atomic mass is 9.69. The maximum absolute atomic E-state index is 13.4. The fraction of sp³-hybridized carbons (Fsp3) is 0.618. The SMILES string of the molecule is CN(CCCCCCN[C@H]1C[C@H]2CC[C@]1(C)C2(C)C)Cc1ccc2c3c(cccc13)C(=O)N2C1CCC(=O)NC1=O. The number of carbonyl (C=O) groups excluding carboxylic acids is 3. The first-order valence-corrected chi connectivity index (χ1v) is 15.8. The molecule has 7 heteroatoms. The molecule has 3 fully saturated rings. The van der Waals surface area contributed by atoms with Gasteiger partial charge in [0.15, 0.2) is 0 Å². The molecular weight excluding hydrogens is 512 g/mol. The minimum absolute atomic E-state index is 0.154. The van der Waals surface area contributed by atoms with E-state index >= 15 is 0 Å². The van der Waals surface area contributed by atoms with Crippen LogP contribution in [0.15, 0.2) is 30.3 Å². The summed E-state index contributed by atoms with van der Waals surface area (Å²) in [6, 6.07) is 9.97. The first kappa shape index (κ1) is 28.4. The molecule has 0 spiro atoms. The van der Waals surface area contributed by atoms with Gasteiger partial charge in [-0.05, 0) is 98.5 Å². The van der Waals surface area contributed by atoms with Gasteiger partial charge in [-0.25, -0.2) is 0 Å². The number of nitrogens with zero attached hydrogens (tertiary/aromatic N) is 2. The van der Waals surface area contributed by atoms with E-state index in [0.717, 1.165) is 42.0 Å². The van der Waals surface area contributed by atoms with Crippen molar-refractivity contribution in [2.45, 2.75) is 97.2 Å². The van der Waals surface area contributed by atoms with Crippen molar-refractivity contribution in [1.82, 2.24) is 15.5 Å². The van der Waals surface area contributed by atoms with Gasteiger partial charge in [-0.3, -0.25) is 24.6 Å². The summed E-state index contributed by atoms with van der Waals surface area (Å²) in [5, 5.41) is 8.32. The maximum atomic E-state index is 13.4. The van der Waals surface area contributed by atoms with Crippen molar-refractivity contribution in [3.63, 3.8) is 0 Å².